The first-order valence-electron chi connectivity index (χ1n) is 10.2. The van der Waals surface area contributed by atoms with Gasteiger partial charge in [-0.3, -0.25) is 4.79 Å². The summed E-state index contributed by atoms with van der Waals surface area (Å²) >= 11 is 0. The molecular formula is C22H23N7O. The SMILES string of the molecule is CCc1cn2cccc2c(N2CCC(NC(=O)c3ncn(-c4ccccc4)n3)C2)n1. The van der Waals surface area contributed by atoms with Crippen LogP contribution in [0.25, 0.3) is 11.2 Å². The van der Waals surface area contributed by atoms with Crippen LogP contribution in [0.3, 0.4) is 0 Å². The van der Waals surface area contributed by atoms with Crippen molar-refractivity contribution in [3.63, 3.8) is 0 Å². The third-order valence-corrected chi connectivity index (χ3v) is 5.45. The van der Waals surface area contributed by atoms with Gasteiger partial charge in [-0.1, -0.05) is 25.1 Å². The minimum Gasteiger partial charge on any atom is -0.353 e. The maximum absolute atomic E-state index is 12.7. The average Bonchev–Trinajstić information content (AvgIpc) is 3.53. The van der Waals surface area contributed by atoms with Crippen molar-refractivity contribution < 1.29 is 4.79 Å². The fourth-order valence-corrected chi connectivity index (χ4v) is 3.87. The molecule has 1 amide bonds. The molecule has 0 spiro atoms. The number of aryl methyl sites for hydroxylation is 1. The van der Waals surface area contributed by atoms with E-state index in [1.165, 1.54) is 0 Å². The number of fused-ring (bicyclic) bond motifs is 1. The first-order chi connectivity index (χ1) is 14.7. The van der Waals surface area contributed by atoms with Crippen LogP contribution in [0, 0.1) is 0 Å². The number of nitrogens with one attached hydrogen (secondary N) is 1. The van der Waals surface area contributed by atoms with Crippen LogP contribution in [0.1, 0.15) is 29.7 Å². The van der Waals surface area contributed by atoms with Crippen LogP contribution in [-0.4, -0.2) is 49.2 Å². The van der Waals surface area contributed by atoms with E-state index in [4.69, 9.17) is 4.98 Å². The topological polar surface area (TPSA) is 80.4 Å². The van der Waals surface area contributed by atoms with Gasteiger partial charge in [0.25, 0.3) is 5.91 Å². The van der Waals surface area contributed by atoms with Crippen molar-refractivity contribution >= 4 is 17.2 Å². The number of benzene rings is 1. The molecule has 0 aliphatic carbocycles. The Balaban J connectivity index is 1.29. The van der Waals surface area contributed by atoms with Gasteiger partial charge in [0, 0.05) is 31.5 Å². The van der Waals surface area contributed by atoms with Crippen molar-refractivity contribution in [1.29, 1.82) is 0 Å². The quantitative estimate of drug-likeness (QED) is 0.556. The molecule has 8 heteroatoms. The summed E-state index contributed by atoms with van der Waals surface area (Å²) in [4.78, 5) is 23.9. The molecule has 1 aliphatic heterocycles. The van der Waals surface area contributed by atoms with Gasteiger partial charge in [-0.05, 0) is 37.1 Å². The van der Waals surface area contributed by atoms with Crippen molar-refractivity contribution in [2.75, 3.05) is 18.0 Å². The van der Waals surface area contributed by atoms with Crippen molar-refractivity contribution in [1.82, 2.24) is 29.5 Å². The summed E-state index contributed by atoms with van der Waals surface area (Å²) in [6.45, 7) is 3.67. The van der Waals surface area contributed by atoms with Crippen LogP contribution in [0.5, 0.6) is 0 Å². The fraction of sp³-hybridized carbons (Fsp3) is 0.273. The Labute approximate surface area is 174 Å². The van der Waals surface area contributed by atoms with Crippen LogP contribution in [0.2, 0.25) is 0 Å². The Morgan fingerprint density at radius 2 is 2.07 bits per heavy atom. The number of carbonyl (C=O) groups excluding carboxylic acids is 1. The lowest BCUT2D eigenvalue weighted by atomic mass is 10.2. The zero-order valence-corrected chi connectivity index (χ0v) is 16.8. The molecule has 1 aromatic carbocycles. The summed E-state index contributed by atoms with van der Waals surface area (Å²) in [6, 6.07) is 13.8. The van der Waals surface area contributed by atoms with E-state index in [9.17, 15) is 4.79 Å². The Morgan fingerprint density at radius 3 is 2.90 bits per heavy atom. The number of aromatic nitrogens is 5. The van der Waals surface area contributed by atoms with E-state index >= 15 is 0 Å². The second kappa shape index (κ2) is 7.62. The van der Waals surface area contributed by atoms with Gasteiger partial charge in [-0.2, -0.15) is 0 Å². The molecule has 5 rings (SSSR count). The zero-order chi connectivity index (χ0) is 20.5. The summed E-state index contributed by atoms with van der Waals surface area (Å²) in [5.41, 5.74) is 3.01. The van der Waals surface area contributed by atoms with Crippen molar-refractivity contribution in [2.45, 2.75) is 25.8 Å². The van der Waals surface area contributed by atoms with Gasteiger partial charge in [0.05, 0.1) is 16.9 Å². The third kappa shape index (κ3) is 3.41. The first-order valence-corrected chi connectivity index (χ1v) is 10.2. The second-order valence-corrected chi connectivity index (χ2v) is 7.46. The van der Waals surface area contributed by atoms with Crippen molar-refractivity contribution in [3.8, 4) is 5.69 Å². The molecule has 0 saturated carbocycles. The van der Waals surface area contributed by atoms with Gasteiger partial charge in [0.1, 0.15) is 6.33 Å². The largest absolute Gasteiger partial charge is 0.353 e. The summed E-state index contributed by atoms with van der Waals surface area (Å²) in [6.07, 6.45) is 7.42. The highest BCUT2D eigenvalue weighted by Gasteiger charge is 2.27. The summed E-state index contributed by atoms with van der Waals surface area (Å²) in [5.74, 6) is 0.902. The van der Waals surface area contributed by atoms with Crippen molar-refractivity contribution in [2.24, 2.45) is 0 Å². The number of amides is 1. The number of anilines is 1. The highest BCUT2D eigenvalue weighted by atomic mass is 16.2. The number of nitrogens with zero attached hydrogens (tertiary/aromatic N) is 6. The lowest BCUT2D eigenvalue weighted by molar-refractivity contribution is 0.0930. The monoisotopic (exact) mass is 401 g/mol. The van der Waals surface area contributed by atoms with Gasteiger partial charge >= 0.3 is 0 Å². The van der Waals surface area contributed by atoms with Crippen LogP contribution in [-0.2, 0) is 6.42 Å². The van der Waals surface area contributed by atoms with E-state index in [1.54, 1.807) is 11.0 Å². The Hall–Kier alpha value is -3.68. The normalized spacial score (nSPS) is 16.3. The summed E-state index contributed by atoms with van der Waals surface area (Å²) < 4.78 is 3.73. The van der Waals surface area contributed by atoms with Gasteiger partial charge in [-0.15, -0.1) is 5.10 Å². The van der Waals surface area contributed by atoms with Crippen molar-refractivity contribution in [3.05, 3.63) is 72.7 Å². The summed E-state index contributed by atoms with van der Waals surface area (Å²) in [7, 11) is 0. The second-order valence-electron chi connectivity index (χ2n) is 7.46. The van der Waals surface area contributed by atoms with Gasteiger partial charge < -0.3 is 14.6 Å². The van der Waals surface area contributed by atoms with E-state index in [0.717, 1.165) is 42.1 Å². The molecule has 1 unspecified atom stereocenters. The highest BCUT2D eigenvalue weighted by Crippen LogP contribution is 2.25. The van der Waals surface area contributed by atoms with Crippen LogP contribution >= 0.6 is 0 Å². The molecular weight excluding hydrogens is 378 g/mol. The maximum Gasteiger partial charge on any atom is 0.291 e. The molecule has 1 saturated heterocycles. The molecule has 4 heterocycles. The minimum atomic E-state index is -0.250. The number of hydrogen-bond donors (Lipinski definition) is 1. The van der Waals surface area contributed by atoms with E-state index in [-0.39, 0.29) is 17.8 Å². The van der Waals surface area contributed by atoms with Gasteiger partial charge in [-0.25, -0.2) is 14.6 Å². The standard InChI is InChI=1S/C22H23N7O/c1-2-16-13-27-11-6-9-19(27)21(24-16)28-12-10-17(14-28)25-22(30)20-23-15-29(26-20)18-7-4-3-5-8-18/h3-9,11,13,15,17H,2,10,12,14H2,1H3,(H,25,30). The van der Waals surface area contributed by atoms with Crippen LogP contribution < -0.4 is 10.2 Å². The molecule has 1 N–H and O–H groups in total. The molecule has 4 aromatic rings. The van der Waals surface area contributed by atoms with Gasteiger partial charge in [0.15, 0.2) is 5.82 Å². The predicted octanol–water partition coefficient (Wildman–Crippen LogP) is 2.49. The molecule has 152 valence electrons. The maximum atomic E-state index is 12.7. The van der Waals surface area contributed by atoms with E-state index in [0.29, 0.717) is 6.54 Å². The average molecular weight is 401 g/mol. The summed E-state index contributed by atoms with van der Waals surface area (Å²) in [5, 5.41) is 7.40. The molecule has 30 heavy (non-hydrogen) atoms. The number of rotatable bonds is 5. The lowest BCUT2D eigenvalue weighted by Gasteiger charge is -2.20. The predicted molar refractivity (Wildman–Crippen MR) is 114 cm³/mol. The molecule has 8 nitrogen and oxygen atoms in total. The molecule has 1 fully saturated rings. The van der Waals surface area contributed by atoms with Crippen LogP contribution in [0.15, 0.2) is 61.2 Å². The third-order valence-electron chi connectivity index (χ3n) is 5.45. The zero-order valence-electron chi connectivity index (χ0n) is 16.8. The minimum absolute atomic E-state index is 0.0308. The number of para-hydroxylation sites is 1. The Kier molecular flexibility index (Phi) is 4.66. The van der Waals surface area contributed by atoms with E-state index in [1.807, 2.05) is 42.6 Å². The molecule has 3 aromatic heterocycles. The molecule has 1 atom stereocenters. The Morgan fingerprint density at radius 1 is 1.20 bits per heavy atom. The number of carbonyl (C=O) groups is 1. The Bertz CT molecular complexity index is 1180. The lowest BCUT2D eigenvalue weighted by Crippen LogP contribution is -2.37. The van der Waals surface area contributed by atoms with E-state index < -0.39 is 0 Å². The fourth-order valence-electron chi connectivity index (χ4n) is 3.87. The number of hydrogen-bond acceptors (Lipinski definition) is 5. The molecule has 0 radical (unpaired) electrons. The first kappa shape index (κ1) is 18.4. The molecule has 1 aliphatic rings. The van der Waals surface area contributed by atoms with Crippen LogP contribution in [0.4, 0.5) is 5.82 Å². The van der Waals surface area contributed by atoms with E-state index in [2.05, 4.69) is 43.9 Å². The smallest absolute Gasteiger partial charge is 0.291 e. The molecule has 0 bridgehead atoms. The highest BCUT2D eigenvalue weighted by molar-refractivity contribution is 5.90. The van der Waals surface area contributed by atoms with Gasteiger partial charge in [0.2, 0.25) is 5.82 Å².